The van der Waals surface area contributed by atoms with Crippen molar-refractivity contribution >= 4 is 16.8 Å². The van der Waals surface area contributed by atoms with Crippen LogP contribution in [0.5, 0.6) is 0 Å². The van der Waals surface area contributed by atoms with Gasteiger partial charge in [0.1, 0.15) is 0 Å². The fourth-order valence-corrected chi connectivity index (χ4v) is 3.29. The number of pyridine rings is 1. The molecule has 4 heteroatoms. The van der Waals surface area contributed by atoms with Crippen LogP contribution in [-0.4, -0.2) is 34.9 Å². The Morgan fingerprint density at radius 1 is 1.32 bits per heavy atom. The van der Waals surface area contributed by atoms with Crippen LogP contribution in [0.3, 0.4) is 0 Å². The smallest absolute Gasteiger partial charge is 0.217 e. The van der Waals surface area contributed by atoms with Crippen LogP contribution in [0, 0.1) is 6.92 Å². The van der Waals surface area contributed by atoms with Crippen LogP contribution in [0.2, 0.25) is 0 Å². The van der Waals surface area contributed by atoms with Crippen molar-refractivity contribution < 1.29 is 4.79 Å². The van der Waals surface area contributed by atoms with Crippen molar-refractivity contribution in [3.05, 3.63) is 41.6 Å². The number of amides is 1. The van der Waals surface area contributed by atoms with Gasteiger partial charge in [0.15, 0.2) is 0 Å². The highest BCUT2D eigenvalue weighted by molar-refractivity contribution is 5.82. The molecule has 1 amide bonds. The van der Waals surface area contributed by atoms with E-state index in [1.165, 1.54) is 10.9 Å². The van der Waals surface area contributed by atoms with Gasteiger partial charge in [-0.1, -0.05) is 18.2 Å². The summed E-state index contributed by atoms with van der Waals surface area (Å²) in [6, 6.07) is 10.9. The number of hydrogen-bond acceptors (Lipinski definition) is 3. The van der Waals surface area contributed by atoms with Crippen LogP contribution in [0.1, 0.15) is 31.0 Å². The van der Waals surface area contributed by atoms with Gasteiger partial charge in [-0.2, -0.15) is 0 Å². The molecule has 116 valence electrons. The Kier molecular flexibility index (Phi) is 4.39. The summed E-state index contributed by atoms with van der Waals surface area (Å²) in [5.41, 5.74) is 3.49. The van der Waals surface area contributed by atoms with E-state index in [2.05, 4.69) is 46.4 Å². The molecule has 4 nitrogen and oxygen atoms in total. The number of aryl methyl sites for hydroxylation is 1. The summed E-state index contributed by atoms with van der Waals surface area (Å²) < 4.78 is 0. The zero-order valence-electron chi connectivity index (χ0n) is 13.3. The Bertz CT molecular complexity index is 675. The minimum Gasteiger partial charge on any atom is -0.354 e. The summed E-state index contributed by atoms with van der Waals surface area (Å²) in [6.45, 7) is 6.66. The molecule has 22 heavy (non-hydrogen) atoms. The van der Waals surface area contributed by atoms with Crippen molar-refractivity contribution in [3.63, 3.8) is 0 Å². The fraction of sp³-hybridized carbons (Fsp3) is 0.444. The molecule has 1 N–H and O–H groups in total. The first-order valence-electron chi connectivity index (χ1n) is 7.96. The third-order valence-electron chi connectivity index (χ3n) is 4.32. The maximum atomic E-state index is 11.1. The van der Waals surface area contributed by atoms with Gasteiger partial charge < -0.3 is 5.32 Å². The van der Waals surface area contributed by atoms with E-state index in [0.717, 1.165) is 43.7 Å². The molecule has 1 aromatic carbocycles. The largest absolute Gasteiger partial charge is 0.354 e. The van der Waals surface area contributed by atoms with Crippen LogP contribution >= 0.6 is 0 Å². The van der Waals surface area contributed by atoms with E-state index in [1.807, 2.05) is 6.07 Å². The Morgan fingerprint density at radius 3 is 2.77 bits per heavy atom. The molecule has 1 aromatic heterocycles. The number of carbonyl (C=O) groups excluding carboxylic acids is 1. The SMILES string of the molecule is CC(=O)NC1CCN(Cc2cc(C)nc3ccccc23)CC1. The standard InChI is InChI=1S/C18H23N3O/c1-13-11-15(17-5-3-4-6-18(17)19-13)12-21-9-7-16(8-10-21)20-14(2)22/h3-6,11,16H,7-10,12H2,1-2H3,(H,20,22). The number of carbonyl (C=O) groups is 1. The Balaban J connectivity index is 1.71. The second-order valence-corrected chi connectivity index (χ2v) is 6.19. The second-order valence-electron chi connectivity index (χ2n) is 6.19. The molecule has 1 aliphatic rings. The molecule has 0 aliphatic carbocycles. The molecule has 2 heterocycles. The van der Waals surface area contributed by atoms with Gasteiger partial charge in [-0.05, 0) is 37.5 Å². The van der Waals surface area contributed by atoms with Crippen LogP contribution in [0.15, 0.2) is 30.3 Å². The quantitative estimate of drug-likeness (QED) is 0.947. The van der Waals surface area contributed by atoms with Gasteiger partial charge in [-0.25, -0.2) is 0 Å². The van der Waals surface area contributed by atoms with Crippen molar-refractivity contribution in [2.45, 2.75) is 39.3 Å². The molecule has 3 rings (SSSR count). The van der Waals surface area contributed by atoms with Gasteiger partial charge in [-0.15, -0.1) is 0 Å². The number of likely N-dealkylation sites (tertiary alicyclic amines) is 1. The van der Waals surface area contributed by atoms with Crippen LogP contribution in [0.4, 0.5) is 0 Å². The fourth-order valence-electron chi connectivity index (χ4n) is 3.29. The van der Waals surface area contributed by atoms with Gasteiger partial charge in [-0.3, -0.25) is 14.7 Å². The first-order chi connectivity index (χ1) is 10.6. The van der Waals surface area contributed by atoms with E-state index in [1.54, 1.807) is 6.92 Å². The molecular formula is C18H23N3O. The molecule has 1 saturated heterocycles. The van der Waals surface area contributed by atoms with Crippen molar-refractivity contribution in [1.29, 1.82) is 0 Å². The van der Waals surface area contributed by atoms with E-state index in [4.69, 9.17) is 0 Å². The lowest BCUT2D eigenvalue weighted by Crippen LogP contribution is -2.43. The molecular weight excluding hydrogens is 274 g/mol. The normalized spacial score (nSPS) is 16.8. The van der Waals surface area contributed by atoms with Crippen molar-refractivity contribution in [2.24, 2.45) is 0 Å². The van der Waals surface area contributed by atoms with E-state index in [-0.39, 0.29) is 5.91 Å². The van der Waals surface area contributed by atoms with Crippen LogP contribution in [0.25, 0.3) is 10.9 Å². The highest BCUT2D eigenvalue weighted by Crippen LogP contribution is 2.21. The van der Waals surface area contributed by atoms with Gasteiger partial charge in [0.25, 0.3) is 0 Å². The summed E-state index contributed by atoms with van der Waals surface area (Å²) in [5.74, 6) is 0.0780. The van der Waals surface area contributed by atoms with Crippen LogP contribution < -0.4 is 5.32 Å². The zero-order chi connectivity index (χ0) is 15.5. The molecule has 0 radical (unpaired) electrons. The lowest BCUT2D eigenvalue weighted by molar-refractivity contribution is -0.119. The predicted molar refractivity (Wildman–Crippen MR) is 88.6 cm³/mol. The number of nitrogens with zero attached hydrogens (tertiary/aromatic N) is 2. The molecule has 0 saturated carbocycles. The molecule has 1 fully saturated rings. The third kappa shape index (κ3) is 3.45. The predicted octanol–water partition coefficient (Wildman–Crippen LogP) is 2.64. The lowest BCUT2D eigenvalue weighted by atomic mass is 10.0. The monoisotopic (exact) mass is 297 g/mol. The van der Waals surface area contributed by atoms with Gasteiger partial charge in [0.2, 0.25) is 5.91 Å². The maximum absolute atomic E-state index is 11.1. The van der Waals surface area contributed by atoms with E-state index in [9.17, 15) is 4.79 Å². The number of para-hydroxylation sites is 1. The first kappa shape index (κ1) is 15.0. The Morgan fingerprint density at radius 2 is 2.05 bits per heavy atom. The Labute approximate surface area is 131 Å². The number of aromatic nitrogens is 1. The van der Waals surface area contributed by atoms with Gasteiger partial charge in [0, 0.05) is 43.7 Å². The van der Waals surface area contributed by atoms with Crippen molar-refractivity contribution in [1.82, 2.24) is 15.2 Å². The topological polar surface area (TPSA) is 45.2 Å². The summed E-state index contributed by atoms with van der Waals surface area (Å²) in [6.07, 6.45) is 2.06. The van der Waals surface area contributed by atoms with Gasteiger partial charge >= 0.3 is 0 Å². The summed E-state index contributed by atoms with van der Waals surface area (Å²) in [4.78, 5) is 18.2. The number of fused-ring (bicyclic) bond motifs is 1. The number of piperidine rings is 1. The second kappa shape index (κ2) is 6.44. The summed E-state index contributed by atoms with van der Waals surface area (Å²) >= 11 is 0. The van der Waals surface area contributed by atoms with E-state index in [0.29, 0.717) is 6.04 Å². The molecule has 0 atom stereocenters. The van der Waals surface area contributed by atoms with E-state index < -0.39 is 0 Å². The maximum Gasteiger partial charge on any atom is 0.217 e. The molecule has 0 spiro atoms. The number of rotatable bonds is 3. The summed E-state index contributed by atoms with van der Waals surface area (Å²) in [5, 5.41) is 4.28. The van der Waals surface area contributed by atoms with E-state index >= 15 is 0 Å². The lowest BCUT2D eigenvalue weighted by Gasteiger charge is -2.32. The highest BCUT2D eigenvalue weighted by atomic mass is 16.1. The molecule has 2 aromatic rings. The molecule has 0 unspecified atom stereocenters. The van der Waals surface area contributed by atoms with Crippen molar-refractivity contribution in [2.75, 3.05) is 13.1 Å². The number of benzene rings is 1. The van der Waals surface area contributed by atoms with Crippen LogP contribution in [-0.2, 0) is 11.3 Å². The summed E-state index contributed by atoms with van der Waals surface area (Å²) in [7, 11) is 0. The minimum atomic E-state index is 0.0780. The zero-order valence-corrected chi connectivity index (χ0v) is 13.3. The minimum absolute atomic E-state index is 0.0780. The highest BCUT2D eigenvalue weighted by Gasteiger charge is 2.20. The van der Waals surface area contributed by atoms with Gasteiger partial charge in [0.05, 0.1) is 5.52 Å². The number of nitrogens with one attached hydrogen (secondary N) is 1. The average molecular weight is 297 g/mol. The van der Waals surface area contributed by atoms with Crippen molar-refractivity contribution in [3.8, 4) is 0 Å². The molecule has 1 aliphatic heterocycles. The first-order valence-corrected chi connectivity index (χ1v) is 7.96. The molecule has 0 bridgehead atoms. The Hall–Kier alpha value is -1.94. The third-order valence-corrected chi connectivity index (χ3v) is 4.32. The average Bonchev–Trinajstić information content (AvgIpc) is 2.48. The number of hydrogen-bond donors (Lipinski definition) is 1.